The number of hydrogen-bond acceptors (Lipinski definition) is 3. The van der Waals surface area contributed by atoms with Crippen LogP contribution >= 0.6 is 0 Å². The van der Waals surface area contributed by atoms with Gasteiger partial charge in [-0.05, 0) is 23.5 Å². The van der Waals surface area contributed by atoms with Crippen LogP contribution in [0.1, 0.15) is 31.4 Å². The highest BCUT2D eigenvalue weighted by atomic mass is 16.3. The first kappa shape index (κ1) is 13.7. The van der Waals surface area contributed by atoms with E-state index in [2.05, 4.69) is 25.2 Å². The minimum atomic E-state index is 0.0797. The molecule has 0 fully saturated rings. The Balaban J connectivity index is 2.49. The molecule has 17 heavy (non-hydrogen) atoms. The molecule has 92 valence electrons. The van der Waals surface area contributed by atoms with Gasteiger partial charge in [-0.1, -0.05) is 32.0 Å². The molecule has 2 N–H and O–H groups in total. The van der Waals surface area contributed by atoms with E-state index in [9.17, 15) is 0 Å². The Labute approximate surface area is 103 Å². The second-order valence-corrected chi connectivity index (χ2v) is 5.01. The monoisotopic (exact) mass is 232 g/mol. The number of aliphatic hydroxyl groups is 1. The Bertz CT molecular complexity index is 393. The van der Waals surface area contributed by atoms with Gasteiger partial charge in [-0.3, -0.25) is 0 Å². The molecule has 0 bridgehead atoms. The number of benzene rings is 1. The molecule has 0 heterocycles. The summed E-state index contributed by atoms with van der Waals surface area (Å²) in [6.07, 6.45) is 0.778. The van der Waals surface area contributed by atoms with E-state index < -0.39 is 0 Å². The Kier molecular flexibility index (Phi) is 5.14. The van der Waals surface area contributed by atoms with E-state index in [4.69, 9.17) is 10.4 Å². The van der Waals surface area contributed by atoms with E-state index in [-0.39, 0.29) is 12.0 Å². The number of aliphatic hydroxyl groups excluding tert-OH is 1. The predicted molar refractivity (Wildman–Crippen MR) is 68.3 cm³/mol. The van der Waals surface area contributed by atoms with Gasteiger partial charge in [-0.15, -0.1) is 0 Å². The van der Waals surface area contributed by atoms with Gasteiger partial charge in [0.05, 0.1) is 11.6 Å². The normalized spacial score (nSPS) is 11.2. The van der Waals surface area contributed by atoms with Crippen LogP contribution in [0.25, 0.3) is 0 Å². The first-order valence-electron chi connectivity index (χ1n) is 5.88. The highest BCUT2D eigenvalue weighted by molar-refractivity contribution is 5.37. The zero-order valence-electron chi connectivity index (χ0n) is 10.5. The summed E-state index contributed by atoms with van der Waals surface area (Å²) in [4.78, 5) is 0. The minimum absolute atomic E-state index is 0.0797. The highest BCUT2D eigenvalue weighted by Gasteiger charge is 2.16. The van der Waals surface area contributed by atoms with Crippen LogP contribution in [-0.4, -0.2) is 18.3 Å². The molecule has 0 saturated heterocycles. The number of nitrogens with zero attached hydrogens (tertiary/aromatic N) is 1. The fourth-order valence-electron chi connectivity index (χ4n) is 1.71. The van der Waals surface area contributed by atoms with Gasteiger partial charge in [0, 0.05) is 19.7 Å². The highest BCUT2D eigenvalue weighted by Crippen LogP contribution is 2.18. The molecular formula is C14H20N2O. The first-order valence-corrected chi connectivity index (χ1v) is 5.88. The quantitative estimate of drug-likeness (QED) is 0.789. The lowest BCUT2D eigenvalue weighted by atomic mass is 9.89. The lowest BCUT2D eigenvalue weighted by Gasteiger charge is -2.24. The molecule has 1 rings (SSSR count). The smallest absolute Gasteiger partial charge is 0.0995 e. The van der Waals surface area contributed by atoms with Gasteiger partial charge < -0.3 is 10.4 Å². The van der Waals surface area contributed by atoms with E-state index >= 15 is 0 Å². The van der Waals surface area contributed by atoms with Crippen molar-refractivity contribution < 1.29 is 5.11 Å². The lowest BCUT2D eigenvalue weighted by Crippen LogP contribution is -2.30. The van der Waals surface area contributed by atoms with Crippen LogP contribution in [-0.2, 0) is 6.54 Å². The largest absolute Gasteiger partial charge is 0.396 e. The van der Waals surface area contributed by atoms with Gasteiger partial charge in [0.25, 0.3) is 0 Å². The van der Waals surface area contributed by atoms with Crippen LogP contribution in [0.5, 0.6) is 0 Å². The third kappa shape index (κ3) is 4.56. The summed E-state index contributed by atoms with van der Waals surface area (Å²) in [5.41, 5.74) is 1.82. The van der Waals surface area contributed by atoms with Gasteiger partial charge in [-0.2, -0.15) is 5.26 Å². The van der Waals surface area contributed by atoms with Crippen molar-refractivity contribution in [2.75, 3.05) is 13.2 Å². The number of nitriles is 1. The number of rotatable bonds is 6. The molecule has 1 aromatic carbocycles. The van der Waals surface area contributed by atoms with E-state index in [0.29, 0.717) is 6.54 Å². The van der Waals surface area contributed by atoms with Crippen LogP contribution < -0.4 is 5.32 Å². The molecule has 0 aromatic heterocycles. The molecule has 0 aliphatic heterocycles. The Morgan fingerprint density at radius 2 is 2.06 bits per heavy atom. The second kappa shape index (κ2) is 6.39. The van der Waals surface area contributed by atoms with Crippen molar-refractivity contribution >= 4 is 0 Å². The van der Waals surface area contributed by atoms with Crippen molar-refractivity contribution in [3.63, 3.8) is 0 Å². The summed E-state index contributed by atoms with van der Waals surface area (Å²) in [6.45, 7) is 5.97. The molecule has 0 spiro atoms. The van der Waals surface area contributed by atoms with Gasteiger partial charge >= 0.3 is 0 Å². The van der Waals surface area contributed by atoms with E-state index in [1.807, 2.05) is 24.3 Å². The van der Waals surface area contributed by atoms with E-state index in [0.717, 1.165) is 24.1 Å². The third-order valence-corrected chi connectivity index (χ3v) is 2.85. The molecule has 0 unspecified atom stereocenters. The Morgan fingerprint density at radius 3 is 2.71 bits per heavy atom. The van der Waals surface area contributed by atoms with Gasteiger partial charge in [0.2, 0.25) is 0 Å². The number of hydrogen-bond donors (Lipinski definition) is 2. The standard InChI is InChI=1S/C14H20N2O/c1-14(2,7-8-17)11-16-10-13-6-4-3-5-12(13)9-15/h3-6,16-17H,7-8,10-11H2,1-2H3. The summed E-state index contributed by atoms with van der Waals surface area (Å²) >= 11 is 0. The molecule has 1 aromatic rings. The summed E-state index contributed by atoms with van der Waals surface area (Å²) in [5, 5.41) is 21.2. The fraction of sp³-hybridized carbons (Fsp3) is 0.500. The molecule has 0 atom stereocenters. The number of nitrogens with one attached hydrogen (secondary N) is 1. The van der Waals surface area contributed by atoms with Gasteiger partial charge in [-0.25, -0.2) is 0 Å². The maximum atomic E-state index is 8.95. The first-order chi connectivity index (χ1) is 8.09. The van der Waals surface area contributed by atoms with Crippen molar-refractivity contribution in [2.24, 2.45) is 5.41 Å². The van der Waals surface area contributed by atoms with E-state index in [1.165, 1.54) is 0 Å². The Morgan fingerprint density at radius 1 is 1.35 bits per heavy atom. The maximum Gasteiger partial charge on any atom is 0.0995 e. The zero-order valence-corrected chi connectivity index (χ0v) is 10.5. The van der Waals surface area contributed by atoms with Crippen molar-refractivity contribution in [2.45, 2.75) is 26.8 Å². The molecule has 0 amide bonds. The second-order valence-electron chi connectivity index (χ2n) is 5.01. The Hall–Kier alpha value is -1.37. The van der Waals surface area contributed by atoms with Crippen molar-refractivity contribution in [1.29, 1.82) is 5.26 Å². The summed E-state index contributed by atoms with van der Waals surface area (Å²) < 4.78 is 0. The molecule has 0 saturated carbocycles. The molecule has 0 aliphatic rings. The lowest BCUT2D eigenvalue weighted by molar-refractivity contribution is 0.207. The van der Waals surface area contributed by atoms with Crippen LogP contribution in [0.3, 0.4) is 0 Å². The molecule has 0 aliphatic carbocycles. The topological polar surface area (TPSA) is 56.0 Å². The molecule has 0 radical (unpaired) electrons. The fourth-order valence-corrected chi connectivity index (χ4v) is 1.71. The van der Waals surface area contributed by atoms with Gasteiger partial charge in [0.1, 0.15) is 0 Å². The average molecular weight is 232 g/mol. The van der Waals surface area contributed by atoms with Crippen LogP contribution in [0.15, 0.2) is 24.3 Å². The van der Waals surface area contributed by atoms with Crippen molar-refractivity contribution in [1.82, 2.24) is 5.32 Å². The third-order valence-electron chi connectivity index (χ3n) is 2.85. The van der Waals surface area contributed by atoms with Crippen molar-refractivity contribution in [3.05, 3.63) is 35.4 Å². The molecule has 3 nitrogen and oxygen atoms in total. The molecule has 3 heteroatoms. The van der Waals surface area contributed by atoms with Crippen LogP contribution in [0.2, 0.25) is 0 Å². The average Bonchev–Trinajstić information content (AvgIpc) is 2.29. The molecular weight excluding hydrogens is 212 g/mol. The van der Waals surface area contributed by atoms with Crippen LogP contribution in [0.4, 0.5) is 0 Å². The van der Waals surface area contributed by atoms with E-state index in [1.54, 1.807) is 0 Å². The minimum Gasteiger partial charge on any atom is -0.396 e. The SMILES string of the molecule is CC(C)(CCO)CNCc1ccccc1C#N. The van der Waals surface area contributed by atoms with Gasteiger partial charge in [0.15, 0.2) is 0 Å². The predicted octanol–water partition coefficient (Wildman–Crippen LogP) is 2.06. The summed E-state index contributed by atoms with van der Waals surface area (Å²) in [7, 11) is 0. The van der Waals surface area contributed by atoms with Crippen LogP contribution in [0, 0.1) is 16.7 Å². The summed E-state index contributed by atoms with van der Waals surface area (Å²) in [5.74, 6) is 0. The van der Waals surface area contributed by atoms with Crippen molar-refractivity contribution in [3.8, 4) is 6.07 Å². The summed E-state index contributed by atoms with van der Waals surface area (Å²) in [6, 6.07) is 9.79. The zero-order chi connectivity index (χ0) is 12.7. The maximum absolute atomic E-state index is 8.95.